The van der Waals surface area contributed by atoms with Crippen LogP contribution in [0.25, 0.3) is 11.0 Å². The Hall–Kier alpha value is -2.80. The van der Waals surface area contributed by atoms with Crippen molar-refractivity contribution >= 4 is 40.0 Å². The Kier molecular flexibility index (Phi) is 5.11. The van der Waals surface area contributed by atoms with Crippen molar-refractivity contribution in [2.45, 2.75) is 18.9 Å². The van der Waals surface area contributed by atoms with Gasteiger partial charge in [0.15, 0.2) is 0 Å². The largest absolute Gasteiger partial charge is 0.376 e. The first-order chi connectivity index (χ1) is 13.2. The fourth-order valence-electron chi connectivity index (χ4n) is 3.39. The van der Waals surface area contributed by atoms with E-state index in [1.54, 1.807) is 6.33 Å². The van der Waals surface area contributed by atoms with Crippen molar-refractivity contribution < 1.29 is 4.79 Å². The smallest absolute Gasteiger partial charge is 0.241 e. The Morgan fingerprint density at radius 3 is 3.15 bits per heavy atom. The Morgan fingerprint density at radius 1 is 1.33 bits per heavy atom. The van der Waals surface area contributed by atoms with E-state index in [0.717, 1.165) is 41.9 Å². The SMILES string of the molecule is O=C(CNc1cccc(Cl)c1)N1CCC[C@H](Nc2ncnc3[nH]ccc23)C1. The van der Waals surface area contributed by atoms with Crippen LogP contribution in [0, 0.1) is 0 Å². The second kappa shape index (κ2) is 7.84. The maximum atomic E-state index is 12.6. The highest BCUT2D eigenvalue weighted by molar-refractivity contribution is 6.30. The third-order valence-electron chi connectivity index (χ3n) is 4.74. The van der Waals surface area contributed by atoms with Crippen LogP contribution in [0.2, 0.25) is 5.02 Å². The van der Waals surface area contributed by atoms with Gasteiger partial charge in [0.05, 0.1) is 11.9 Å². The number of hydrogen-bond acceptors (Lipinski definition) is 5. The van der Waals surface area contributed by atoms with Crippen LogP contribution < -0.4 is 10.6 Å². The third kappa shape index (κ3) is 4.14. The number of piperidine rings is 1. The highest BCUT2D eigenvalue weighted by atomic mass is 35.5. The molecule has 3 aromatic rings. The van der Waals surface area contributed by atoms with Crippen molar-refractivity contribution in [2.75, 3.05) is 30.3 Å². The van der Waals surface area contributed by atoms with E-state index in [-0.39, 0.29) is 18.5 Å². The van der Waals surface area contributed by atoms with Crippen molar-refractivity contribution in [2.24, 2.45) is 0 Å². The number of benzene rings is 1. The number of aromatic nitrogens is 3. The second-order valence-corrected chi connectivity index (χ2v) is 7.09. The number of rotatable bonds is 5. The van der Waals surface area contributed by atoms with E-state index < -0.39 is 0 Å². The van der Waals surface area contributed by atoms with Gasteiger partial charge in [-0.05, 0) is 37.1 Å². The van der Waals surface area contributed by atoms with E-state index in [0.29, 0.717) is 11.6 Å². The van der Waals surface area contributed by atoms with E-state index in [2.05, 4.69) is 25.6 Å². The van der Waals surface area contributed by atoms with Gasteiger partial charge in [0, 0.05) is 36.0 Å². The summed E-state index contributed by atoms with van der Waals surface area (Å²) in [6.45, 7) is 1.69. The number of fused-ring (bicyclic) bond motifs is 1. The molecule has 1 atom stereocenters. The predicted molar refractivity (Wildman–Crippen MR) is 107 cm³/mol. The van der Waals surface area contributed by atoms with E-state index in [9.17, 15) is 4.79 Å². The molecule has 1 aromatic carbocycles. The zero-order chi connectivity index (χ0) is 18.6. The molecule has 0 unspecified atom stereocenters. The molecule has 3 N–H and O–H groups in total. The molecule has 4 rings (SSSR count). The molecule has 1 saturated heterocycles. The standard InChI is InChI=1S/C19H21ClN6O/c20-13-3-1-4-14(9-13)22-10-17(27)26-8-2-5-15(11-26)25-19-16-6-7-21-18(16)23-12-24-19/h1,3-4,6-7,9,12,15,22H,2,5,8,10-11H2,(H2,21,23,24,25)/t15-/m0/s1. The molecule has 0 radical (unpaired) electrons. The number of amides is 1. The highest BCUT2D eigenvalue weighted by Crippen LogP contribution is 2.21. The molecule has 1 amide bonds. The summed E-state index contributed by atoms with van der Waals surface area (Å²) >= 11 is 5.98. The van der Waals surface area contributed by atoms with E-state index >= 15 is 0 Å². The lowest BCUT2D eigenvalue weighted by Gasteiger charge is -2.33. The summed E-state index contributed by atoms with van der Waals surface area (Å²) in [5.41, 5.74) is 1.65. The van der Waals surface area contributed by atoms with Gasteiger partial charge in [-0.15, -0.1) is 0 Å². The first-order valence-corrected chi connectivity index (χ1v) is 9.39. The van der Waals surface area contributed by atoms with Crippen LogP contribution in [-0.4, -0.2) is 51.4 Å². The average Bonchev–Trinajstić information content (AvgIpc) is 3.16. The number of carbonyl (C=O) groups is 1. The maximum absolute atomic E-state index is 12.6. The number of aromatic amines is 1. The van der Waals surface area contributed by atoms with Crippen molar-refractivity contribution in [3.8, 4) is 0 Å². The summed E-state index contributed by atoms with van der Waals surface area (Å²) in [5.74, 6) is 0.883. The number of H-pyrrole nitrogens is 1. The van der Waals surface area contributed by atoms with E-state index in [1.807, 2.05) is 41.4 Å². The fraction of sp³-hybridized carbons (Fsp3) is 0.316. The minimum absolute atomic E-state index is 0.0796. The Labute approximate surface area is 162 Å². The number of halogens is 1. The number of nitrogens with one attached hydrogen (secondary N) is 3. The molecule has 0 bridgehead atoms. The molecule has 7 nitrogen and oxygen atoms in total. The fourth-order valence-corrected chi connectivity index (χ4v) is 3.58. The molecule has 140 valence electrons. The number of anilines is 2. The summed E-state index contributed by atoms with van der Waals surface area (Å²) in [4.78, 5) is 26.1. The summed E-state index contributed by atoms with van der Waals surface area (Å²) in [6.07, 6.45) is 5.36. The van der Waals surface area contributed by atoms with Gasteiger partial charge in [-0.1, -0.05) is 17.7 Å². The quantitative estimate of drug-likeness (QED) is 0.629. The van der Waals surface area contributed by atoms with Gasteiger partial charge >= 0.3 is 0 Å². The van der Waals surface area contributed by atoms with Gasteiger partial charge in [-0.2, -0.15) is 0 Å². The minimum atomic E-state index is 0.0796. The topological polar surface area (TPSA) is 85.9 Å². The van der Waals surface area contributed by atoms with Crippen LogP contribution in [0.1, 0.15) is 12.8 Å². The second-order valence-electron chi connectivity index (χ2n) is 6.65. The molecule has 3 heterocycles. The van der Waals surface area contributed by atoms with Crippen molar-refractivity contribution in [1.82, 2.24) is 19.9 Å². The normalized spacial score (nSPS) is 17.1. The van der Waals surface area contributed by atoms with Gasteiger partial charge in [0.1, 0.15) is 17.8 Å². The Bertz CT molecular complexity index is 943. The summed E-state index contributed by atoms with van der Waals surface area (Å²) < 4.78 is 0. The van der Waals surface area contributed by atoms with Gasteiger partial charge in [0.25, 0.3) is 0 Å². The van der Waals surface area contributed by atoms with E-state index in [1.165, 1.54) is 0 Å². The van der Waals surface area contributed by atoms with Crippen molar-refractivity contribution in [3.63, 3.8) is 0 Å². The monoisotopic (exact) mass is 384 g/mol. The number of hydrogen-bond donors (Lipinski definition) is 3. The lowest BCUT2D eigenvalue weighted by atomic mass is 10.1. The number of carbonyl (C=O) groups excluding carboxylic acids is 1. The molecular formula is C19H21ClN6O. The van der Waals surface area contributed by atoms with Crippen molar-refractivity contribution in [3.05, 3.63) is 47.9 Å². The van der Waals surface area contributed by atoms with E-state index in [4.69, 9.17) is 11.6 Å². The molecular weight excluding hydrogens is 364 g/mol. The lowest BCUT2D eigenvalue weighted by molar-refractivity contribution is -0.130. The summed E-state index contributed by atoms with van der Waals surface area (Å²) in [6, 6.07) is 9.51. The zero-order valence-corrected chi connectivity index (χ0v) is 15.5. The van der Waals surface area contributed by atoms with Crippen LogP contribution in [0.4, 0.5) is 11.5 Å². The zero-order valence-electron chi connectivity index (χ0n) is 14.8. The van der Waals surface area contributed by atoms with Crippen LogP contribution in [0.3, 0.4) is 0 Å². The number of nitrogens with zero attached hydrogens (tertiary/aromatic N) is 3. The molecule has 1 aliphatic heterocycles. The first-order valence-electron chi connectivity index (χ1n) is 9.01. The van der Waals surface area contributed by atoms with Gasteiger partial charge in [-0.25, -0.2) is 9.97 Å². The molecule has 0 spiro atoms. The number of likely N-dealkylation sites (tertiary alicyclic amines) is 1. The minimum Gasteiger partial charge on any atom is -0.376 e. The van der Waals surface area contributed by atoms with Crippen LogP contribution in [0.15, 0.2) is 42.9 Å². The van der Waals surface area contributed by atoms with Crippen molar-refractivity contribution in [1.29, 1.82) is 0 Å². The Morgan fingerprint density at radius 2 is 2.26 bits per heavy atom. The van der Waals surface area contributed by atoms with Gasteiger partial charge < -0.3 is 20.5 Å². The maximum Gasteiger partial charge on any atom is 0.241 e. The molecule has 0 saturated carbocycles. The third-order valence-corrected chi connectivity index (χ3v) is 4.97. The van der Waals surface area contributed by atoms with Gasteiger partial charge in [0.2, 0.25) is 5.91 Å². The van der Waals surface area contributed by atoms with Gasteiger partial charge in [-0.3, -0.25) is 4.79 Å². The molecule has 2 aromatic heterocycles. The molecule has 8 heteroatoms. The first kappa shape index (κ1) is 17.6. The average molecular weight is 385 g/mol. The van der Waals surface area contributed by atoms with Crippen LogP contribution >= 0.6 is 11.6 Å². The molecule has 1 aliphatic rings. The summed E-state index contributed by atoms with van der Waals surface area (Å²) in [7, 11) is 0. The van der Waals surface area contributed by atoms with Crippen LogP contribution in [-0.2, 0) is 4.79 Å². The molecule has 1 fully saturated rings. The molecule has 27 heavy (non-hydrogen) atoms. The van der Waals surface area contributed by atoms with Crippen LogP contribution in [0.5, 0.6) is 0 Å². The highest BCUT2D eigenvalue weighted by Gasteiger charge is 2.24. The summed E-state index contributed by atoms with van der Waals surface area (Å²) in [5, 5.41) is 8.23. The Balaban J connectivity index is 1.36. The molecule has 0 aliphatic carbocycles. The lowest BCUT2D eigenvalue weighted by Crippen LogP contribution is -2.47. The predicted octanol–water partition coefficient (Wildman–Crippen LogP) is 3.13.